The van der Waals surface area contributed by atoms with Crippen LogP contribution in [0.2, 0.25) is 0 Å². The minimum absolute atomic E-state index is 1.13. The van der Waals surface area contributed by atoms with Crippen molar-refractivity contribution in [3.8, 4) is 33.4 Å². The lowest BCUT2D eigenvalue weighted by molar-refractivity contribution is 1.28. The van der Waals surface area contributed by atoms with Gasteiger partial charge in [0, 0.05) is 49.3 Å². The van der Waals surface area contributed by atoms with Crippen LogP contribution in [0.3, 0.4) is 0 Å². The van der Waals surface area contributed by atoms with Gasteiger partial charge in [-0.05, 0) is 141 Å². The first kappa shape index (κ1) is 34.9. The Hall–Kier alpha value is -7.33. The lowest BCUT2D eigenvalue weighted by Gasteiger charge is -2.26. The van der Waals surface area contributed by atoms with Crippen LogP contribution >= 0.6 is 11.8 Å². The molecule has 0 bridgehead atoms. The summed E-state index contributed by atoms with van der Waals surface area (Å²) >= 11 is 1.88. The quantitative estimate of drug-likeness (QED) is 0.152. The second-order valence-corrected chi connectivity index (χ2v) is 16.0. The van der Waals surface area contributed by atoms with Crippen molar-refractivity contribution >= 4 is 67.4 Å². The van der Waals surface area contributed by atoms with E-state index < -0.39 is 0 Å². The molecule has 11 rings (SSSR count). The summed E-state index contributed by atoms with van der Waals surface area (Å²) < 4.78 is 0. The van der Waals surface area contributed by atoms with Gasteiger partial charge < -0.3 is 9.80 Å². The Morgan fingerprint density at radius 1 is 0.271 bits per heavy atom. The van der Waals surface area contributed by atoms with E-state index >= 15 is 0 Å². The predicted molar refractivity (Wildman–Crippen MR) is 251 cm³/mol. The van der Waals surface area contributed by atoms with E-state index in [1.54, 1.807) is 0 Å². The van der Waals surface area contributed by atoms with Crippen molar-refractivity contribution in [3.05, 3.63) is 231 Å². The summed E-state index contributed by atoms with van der Waals surface area (Å²) in [6.07, 6.45) is 0. The Balaban J connectivity index is 0.909. The van der Waals surface area contributed by atoms with Gasteiger partial charge in [-0.15, -0.1) is 0 Å². The first-order chi connectivity index (χ1) is 29.2. The smallest absolute Gasteiger partial charge is 0.0468 e. The molecular formula is C56H38N2S. The summed E-state index contributed by atoms with van der Waals surface area (Å²) in [4.78, 5) is 7.21. The van der Waals surface area contributed by atoms with Crippen LogP contribution in [0.5, 0.6) is 0 Å². The third-order valence-electron chi connectivity index (χ3n) is 11.4. The molecule has 10 aromatic carbocycles. The molecule has 2 nitrogen and oxygen atoms in total. The molecule has 0 fully saturated rings. The van der Waals surface area contributed by atoms with Gasteiger partial charge in [0.15, 0.2) is 0 Å². The summed E-state index contributed by atoms with van der Waals surface area (Å²) in [7, 11) is 0. The number of benzene rings is 10. The molecule has 1 aliphatic rings. The van der Waals surface area contributed by atoms with E-state index in [0.717, 1.165) is 34.1 Å². The van der Waals surface area contributed by atoms with Crippen LogP contribution in [0.25, 0.3) is 54.9 Å². The Morgan fingerprint density at radius 2 is 0.729 bits per heavy atom. The number of para-hydroxylation sites is 4. The SMILES string of the molecule is c1ccc(N(c2ccccc2)c2ccc(-c3ccc4c5c(cccc35)Sc3cc(-c5ccc6cc(N(c7ccccc7)c7ccccc7)ccc6c5)ccc3-4)cc2)cc1. The second kappa shape index (κ2) is 14.9. The van der Waals surface area contributed by atoms with Gasteiger partial charge in [-0.1, -0.05) is 151 Å². The van der Waals surface area contributed by atoms with Gasteiger partial charge in [0.1, 0.15) is 0 Å². The van der Waals surface area contributed by atoms with Gasteiger partial charge in [0.2, 0.25) is 0 Å². The van der Waals surface area contributed by atoms with Gasteiger partial charge in [0.25, 0.3) is 0 Å². The minimum atomic E-state index is 1.13. The van der Waals surface area contributed by atoms with Crippen molar-refractivity contribution < 1.29 is 0 Å². The summed E-state index contributed by atoms with van der Waals surface area (Å²) in [5.41, 5.74) is 14.3. The highest BCUT2D eigenvalue weighted by Gasteiger charge is 2.22. The van der Waals surface area contributed by atoms with Crippen LogP contribution in [0.4, 0.5) is 34.1 Å². The molecule has 0 atom stereocenters. The molecular weight excluding hydrogens is 733 g/mol. The van der Waals surface area contributed by atoms with Crippen LogP contribution in [0, 0.1) is 0 Å². The second-order valence-electron chi connectivity index (χ2n) is 15.0. The minimum Gasteiger partial charge on any atom is -0.311 e. The number of hydrogen-bond acceptors (Lipinski definition) is 3. The topological polar surface area (TPSA) is 6.48 Å². The standard InChI is InChI=1S/C56H38N2S/c1-5-14-44(15-6-1)57(45-16-7-2-8-17-45)48-30-26-39(27-31-48)50-34-35-53-51-33-29-43(38-55(51)59-54-23-13-22-52(50)56(53)54)40-24-25-42-37-49(32-28-41(42)36-40)58(46-18-9-3-10-19-46)47-20-11-4-12-21-47/h1-38H. The van der Waals surface area contributed by atoms with Crippen molar-refractivity contribution in [2.24, 2.45) is 0 Å². The molecule has 0 N–H and O–H groups in total. The molecule has 0 radical (unpaired) electrons. The molecule has 0 unspecified atom stereocenters. The lowest BCUT2D eigenvalue weighted by atomic mass is 9.90. The normalized spacial score (nSPS) is 11.7. The van der Waals surface area contributed by atoms with E-state index in [2.05, 4.69) is 240 Å². The molecule has 0 amide bonds. The molecule has 0 aliphatic carbocycles. The van der Waals surface area contributed by atoms with E-state index in [-0.39, 0.29) is 0 Å². The Morgan fingerprint density at radius 3 is 1.36 bits per heavy atom. The number of fused-ring (bicyclic) bond motifs is 3. The van der Waals surface area contributed by atoms with Crippen LogP contribution < -0.4 is 9.80 Å². The van der Waals surface area contributed by atoms with Gasteiger partial charge >= 0.3 is 0 Å². The van der Waals surface area contributed by atoms with E-state index in [0.29, 0.717) is 0 Å². The summed E-state index contributed by atoms with van der Waals surface area (Å²) in [6, 6.07) is 83.4. The van der Waals surface area contributed by atoms with Gasteiger partial charge in [-0.2, -0.15) is 0 Å². The molecule has 0 saturated heterocycles. The van der Waals surface area contributed by atoms with Crippen molar-refractivity contribution in [2.45, 2.75) is 9.79 Å². The summed E-state index contributed by atoms with van der Waals surface area (Å²) in [6.45, 7) is 0. The van der Waals surface area contributed by atoms with E-state index in [1.807, 2.05) is 11.8 Å². The zero-order chi connectivity index (χ0) is 39.1. The lowest BCUT2D eigenvalue weighted by Crippen LogP contribution is -2.09. The predicted octanol–water partition coefficient (Wildman–Crippen LogP) is 16.4. The van der Waals surface area contributed by atoms with Crippen molar-refractivity contribution in [1.29, 1.82) is 0 Å². The fourth-order valence-corrected chi connectivity index (χ4v) is 9.79. The fraction of sp³-hybridized carbons (Fsp3) is 0. The van der Waals surface area contributed by atoms with Gasteiger partial charge in [0.05, 0.1) is 0 Å². The number of anilines is 6. The van der Waals surface area contributed by atoms with Gasteiger partial charge in [-0.25, -0.2) is 0 Å². The van der Waals surface area contributed by atoms with Crippen LogP contribution in [-0.2, 0) is 0 Å². The zero-order valence-corrected chi connectivity index (χ0v) is 33.1. The average Bonchev–Trinajstić information content (AvgIpc) is 3.31. The van der Waals surface area contributed by atoms with Crippen LogP contribution in [-0.4, -0.2) is 0 Å². The van der Waals surface area contributed by atoms with E-state index in [1.165, 1.54) is 64.7 Å². The number of hydrogen-bond donors (Lipinski definition) is 0. The molecule has 0 spiro atoms. The van der Waals surface area contributed by atoms with Crippen molar-refractivity contribution in [2.75, 3.05) is 9.80 Å². The summed E-state index contributed by atoms with van der Waals surface area (Å²) in [5.74, 6) is 0. The highest BCUT2D eigenvalue weighted by atomic mass is 32.2. The van der Waals surface area contributed by atoms with Crippen molar-refractivity contribution in [1.82, 2.24) is 0 Å². The number of nitrogens with zero attached hydrogens (tertiary/aromatic N) is 2. The molecule has 3 heteroatoms. The third-order valence-corrected chi connectivity index (χ3v) is 12.5. The molecule has 59 heavy (non-hydrogen) atoms. The third kappa shape index (κ3) is 6.43. The Bertz CT molecular complexity index is 3030. The molecule has 1 heterocycles. The van der Waals surface area contributed by atoms with E-state index in [4.69, 9.17) is 0 Å². The summed E-state index contributed by atoms with van der Waals surface area (Å²) in [5, 5.41) is 5.05. The maximum absolute atomic E-state index is 2.38. The fourth-order valence-electron chi connectivity index (χ4n) is 8.61. The Kier molecular flexibility index (Phi) is 8.79. The monoisotopic (exact) mass is 770 g/mol. The van der Waals surface area contributed by atoms with E-state index in [9.17, 15) is 0 Å². The molecule has 10 aromatic rings. The molecule has 0 aromatic heterocycles. The maximum Gasteiger partial charge on any atom is 0.0468 e. The van der Waals surface area contributed by atoms with Crippen LogP contribution in [0.1, 0.15) is 0 Å². The molecule has 278 valence electrons. The van der Waals surface area contributed by atoms with Crippen LogP contribution in [0.15, 0.2) is 240 Å². The highest BCUT2D eigenvalue weighted by Crippen LogP contribution is 2.51. The first-order valence-corrected chi connectivity index (χ1v) is 20.9. The first-order valence-electron chi connectivity index (χ1n) is 20.1. The maximum atomic E-state index is 2.38. The molecule has 1 aliphatic heterocycles. The van der Waals surface area contributed by atoms with Gasteiger partial charge in [-0.3, -0.25) is 0 Å². The highest BCUT2D eigenvalue weighted by molar-refractivity contribution is 7.99. The zero-order valence-electron chi connectivity index (χ0n) is 32.2. The number of rotatable bonds is 8. The van der Waals surface area contributed by atoms with Crippen molar-refractivity contribution in [3.63, 3.8) is 0 Å². The molecule has 0 saturated carbocycles. The Labute approximate surface area is 349 Å². The average molecular weight is 771 g/mol. The largest absolute Gasteiger partial charge is 0.311 e.